The topological polar surface area (TPSA) is 93.0 Å². The van der Waals surface area contributed by atoms with Crippen LogP contribution in [-0.2, 0) is 0 Å². The second kappa shape index (κ2) is 5.57. The smallest absolute Gasteiger partial charge is 0.169 e. The normalized spacial score (nSPS) is 14.1. The summed E-state index contributed by atoms with van der Waals surface area (Å²) in [6, 6.07) is -0.771. The SMILES string of the molecule is OCCCC(NO)C(O)O. The van der Waals surface area contributed by atoms with Gasteiger partial charge in [0.1, 0.15) is 0 Å². The van der Waals surface area contributed by atoms with Crippen molar-refractivity contribution in [3.63, 3.8) is 0 Å². The van der Waals surface area contributed by atoms with Gasteiger partial charge in [0.15, 0.2) is 6.29 Å². The van der Waals surface area contributed by atoms with Crippen molar-refractivity contribution in [1.82, 2.24) is 5.48 Å². The molecule has 0 aromatic carbocycles. The fraction of sp³-hybridized carbons (Fsp3) is 1.00. The maximum Gasteiger partial charge on any atom is 0.169 e. The van der Waals surface area contributed by atoms with Gasteiger partial charge in [-0.25, -0.2) is 0 Å². The van der Waals surface area contributed by atoms with Crippen molar-refractivity contribution in [2.75, 3.05) is 6.61 Å². The largest absolute Gasteiger partial charge is 0.396 e. The standard InChI is InChI=1S/C5H13NO4/c7-3-1-2-4(6-10)5(8)9/h4-10H,1-3H2. The molecule has 0 aliphatic heterocycles. The van der Waals surface area contributed by atoms with Gasteiger partial charge in [-0.3, -0.25) is 0 Å². The summed E-state index contributed by atoms with van der Waals surface area (Å²) in [4.78, 5) is 0. The molecule has 0 radical (unpaired) electrons. The number of hydrogen-bond acceptors (Lipinski definition) is 5. The first-order chi connectivity index (χ1) is 4.72. The molecular weight excluding hydrogens is 138 g/mol. The summed E-state index contributed by atoms with van der Waals surface area (Å²) in [6.07, 6.45) is -0.836. The Balaban J connectivity index is 3.40. The van der Waals surface area contributed by atoms with Crippen LogP contribution in [0.4, 0.5) is 0 Å². The molecule has 0 aromatic heterocycles. The molecule has 5 N–H and O–H groups in total. The zero-order chi connectivity index (χ0) is 7.98. The molecule has 5 heteroatoms. The molecule has 10 heavy (non-hydrogen) atoms. The van der Waals surface area contributed by atoms with Crippen LogP contribution in [0.15, 0.2) is 0 Å². The second-order valence-corrected chi connectivity index (χ2v) is 2.02. The zero-order valence-electron chi connectivity index (χ0n) is 5.56. The number of aliphatic hydroxyl groups is 3. The number of hydroxylamine groups is 1. The van der Waals surface area contributed by atoms with Crippen molar-refractivity contribution >= 4 is 0 Å². The highest BCUT2D eigenvalue weighted by Crippen LogP contribution is 1.98. The molecule has 0 heterocycles. The Hall–Kier alpha value is -0.200. The first-order valence-corrected chi connectivity index (χ1v) is 3.09. The van der Waals surface area contributed by atoms with E-state index in [4.69, 9.17) is 20.5 Å². The average molecular weight is 151 g/mol. The van der Waals surface area contributed by atoms with Crippen molar-refractivity contribution < 1.29 is 20.5 Å². The molecule has 0 aliphatic rings. The summed E-state index contributed by atoms with van der Waals surface area (Å²) in [5, 5.41) is 33.6. The lowest BCUT2D eigenvalue weighted by Crippen LogP contribution is -2.37. The van der Waals surface area contributed by atoms with E-state index in [0.29, 0.717) is 12.8 Å². The van der Waals surface area contributed by atoms with E-state index in [2.05, 4.69) is 0 Å². The highest BCUT2D eigenvalue weighted by Gasteiger charge is 2.13. The summed E-state index contributed by atoms with van der Waals surface area (Å²) in [5.41, 5.74) is 1.73. The molecule has 0 aromatic rings. The summed E-state index contributed by atoms with van der Waals surface area (Å²) >= 11 is 0. The van der Waals surface area contributed by atoms with Crippen molar-refractivity contribution in [1.29, 1.82) is 0 Å². The fourth-order valence-electron chi connectivity index (χ4n) is 0.591. The number of aliphatic hydroxyl groups excluding tert-OH is 2. The lowest BCUT2D eigenvalue weighted by atomic mass is 10.2. The molecule has 5 nitrogen and oxygen atoms in total. The van der Waals surface area contributed by atoms with E-state index in [9.17, 15) is 0 Å². The van der Waals surface area contributed by atoms with E-state index in [0.717, 1.165) is 0 Å². The summed E-state index contributed by atoms with van der Waals surface area (Å²) in [5.74, 6) is 0. The van der Waals surface area contributed by atoms with Gasteiger partial charge in [0.25, 0.3) is 0 Å². The van der Waals surface area contributed by atoms with E-state index in [1.807, 2.05) is 0 Å². The van der Waals surface area contributed by atoms with Crippen LogP contribution in [0.3, 0.4) is 0 Å². The maximum absolute atomic E-state index is 8.49. The molecule has 0 fully saturated rings. The van der Waals surface area contributed by atoms with E-state index < -0.39 is 12.3 Å². The van der Waals surface area contributed by atoms with Gasteiger partial charge in [0.2, 0.25) is 0 Å². The minimum Gasteiger partial charge on any atom is -0.396 e. The highest BCUT2D eigenvalue weighted by atomic mass is 16.5. The third kappa shape index (κ3) is 3.76. The van der Waals surface area contributed by atoms with Crippen LogP contribution < -0.4 is 5.48 Å². The van der Waals surface area contributed by atoms with Gasteiger partial charge in [-0.15, -0.1) is 0 Å². The van der Waals surface area contributed by atoms with Crippen molar-refractivity contribution in [2.24, 2.45) is 0 Å². The summed E-state index contributed by atoms with van der Waals surface area (Å²) in [7, 11) is 0. The first-order valence-electron chi connectivity index (χ1n) is 3.09. The summed E-state index contributed by atoms with van der Waals surface area (Å²) < 4.78 is 0. The van der Waals surface area contributed by atoms with Gasteiger partial charge in [0, 0.05) is 6.61 Å². The minimum absolute atomic E-state index is 0.0229. The van der Waals surface area contributed by atoms with E-state index in [1.54, 1.807) is 5.48 Å². The lowest BCUT2D eigenvalue weighted by molar-refractivity contribution is -0.0972. The van der Waals surface area contributed by atoms with Gasteiger partial charge >= 0.3 is 0 Å². The average Bonchev–Trinajstić information content (AvgIpc) is 1.89. The van der Waals surface area contributed by atoms with Gasteiger partial charge in [-0.1, -0.05) is 0 Å². The van der Waals surface area contributed by atoms with Crippen LogP contribution in [0, 0.1) is 0 Å². The predicted octanol–water partition coefficient (Wildman–Crippen LogP) is -1.58. The quantitative estimate of drug-likeness (QED) is 0.241. The van der Waals surface area contributed by atoms with E-state index in [1.165, 1.54) is 0 Å². The van der Waals surface area contributed by atoms with Crippen LogP contribution in [0.5, 0.6) is 0 Å². The van der Waals surface area contributed by atoms with Gasteiger partial charge in [-0.2, -0.15) is 5.48 Å². The minimum atomic E-state index is -1.59. The molecule has 0 spiro atoms. The Morgan fingerprint density at radius 3 is 2.20 bits per heavy atom. The molecule has 1 unspecified atom stereocenters. The molecular formula is C5H13NO4. The third-order valence-corrected chi connectivity index (χ3v) is 1.20. The molecule has 1 atom stereocenters. The predicted molar refractivity (Wildman–Crippen MR) is 33.3 cm³/mol. The van der Waals surface area contributed by atoms with Gasteiger partial charge in [-0.05, 0) is 12.8 Å². The Bertz CT molecular complexity index is 78.0. The van der Waals surface area contributed by atoms with Crippen LogP contribution in [0.2, 0.25) is 0 Å². The monoisotopic (exact) mass is 151 g/mol. The molecule has 0 saturated carbocycles. The van der Waals surface area contributed by atoms with E-state index in [-0.39, 0.29) is 6.61 Å². The van der Waals surface area contributed by atoms with Gasteiger partial charge < -0.3 is 20.5 Å². The Kier molecular flexibility index (Phi) is 5.46. The van der Waals surface area contributed by atoms with E-state index >= 15 is 0 Å². The maximum atomic E-state index is 8.49. The number of nitrogens with one attached hydrogen (secondary N) is 1. The number of hydrogen-bond donors (Lipinski definition) is 5. The van der Waals surface area contributed by atoms with Crippen LogP contribution in [-0.4, -0.2) is 39.5 Å². The van der Waals surface area contributed by atoms with Gasteiger partial charge in [0.05, 0.1) is 6.04 Å². The van der Waals surface area contributed by atoms with Crippen molar-refractivity contribution in [3.05, 3.63) is 0 Å². The van der Waals surface area contributed by atoms with Crippen LogP contribution in [0.1, 0.15) is 12.8 Å². The van der Waals surface area contributed by atoms with Crippen molar-refractivity contribution in [3.8, 4) is 0 Å². The third-order valence-electron chi connectivity index (χ3n) is 1.20. The zero-order valence-corrected chi connectivity index (χ0v) is 5.56. The molecule has 0 bridgehead atoms. The molecule has 0 amide bonds. The Labute approximate surface area is 58.9 Å². The second-order valence-electron chi connectivity index (χ2n) is 2.02. The van der Waals surface area contributed by atoms with Crippen molar-refractivity contribution in [2.45, 2.75) is 25.2 Å². The highest BCUT2D eigenvalue weighted by molar-refractivity contribution is 4.62. The summed E-state index contributed by atoms with van der Waals surface area (Å²) in [6.45, 7) is -0.0229. The molecule has 0 aliphatic carbocycles. The molecule has 62 valence electrons. The first kappa shape index (κ1) is 9.80. The van der Waals surface area contributed by atoms with Crippen LogP contribution >= 0.6 is 0 Å². The molecule has 0 rings (SSSR count). The number of rotatable bonds is 5. The Morgan fingerprint density at radius 2 is 1.90 bits per heavy atom. The Morgan fingerprint density at radius 1 is 1.30 bits per heavy atom. The van der Waals surface area contributed by atoms with Crippen LogP contribution in [0.25, 0.3) is 0 Å². The lowest BCUT2D eigenvalue weighted by Gasteiger charge is -2.15. The molecule has 0 saturated heterocycles. The fourth-order valence-corrected chi connectivity index (χ4v) is 0.591.